The lowest BCUT2D eigenvalue weighted by molar-refractivity contribution is 0.471. The summed E-state index contributed by atoms with van der Waals surface area (Å²) in [6.07, 6.45) is 1.37. The number of hydrogen-bond donors (Lipinski definition) is 2. The first-order chi connectivity index (χ1) is 9.74. The van der Waals surface area contributed by atoms with E-state index in [1.165, 1.54) is 6.20 Å². The maximum atomic E-state index is 13.1. The van der Waals surface area contributed by atoms with E-state index in [-0.39, 0.29) is 15.7 Å². The number of phenols is 1. The van der Waals surface area contributed by atoms with Gasteiger partial charge in [-0.3, -0.25) is 4.72 Å². The van der Waals surface area contributed by atoms with Crippen LogP contribution in [-0.4, -0.2) is 23.1 Å². The Morgan fingerprint density at radius 2 is 2.14 bits per heavy atom. The van der Waals surface area contributed by atoms with Crippen LogP contribution in [0.1, 0.15) is 12.7 Å². The third kappa shape index (κ3) is 3.11. The predicted molar refractivity (Wildman–Crippen MR) is 76.5 cm³/mol. The lowest BCUT2D eigenvalue weighted by atomic mass is 10.3. The first-order valence-electron chi connectivity index (χ1n) is 5.99. The van der Waals surface area contributed by atoms with Crippen LogP contribution in [-0.2, 0) is 16.6 Å². The van der Waals surface area contributed by atoms with Crippen molar-refractivity contribution in [2.45, 2.75) is 25.4 Å². The molecule has 6 nitrogen and oxygen atoms in total. The molecule has 21 heavy (non-hydrogen) atoms. The van der Waals surface area contributed by atoms with Crippen LogP contribution in [0.25, 0.3) is 0 Å². The van der Waals surface area contributed by atoms with E-state index in [1.54, 1.807) is 11.5 Å². The minimum Gasteiger partial charge on any atom is -0.506 e. The normalized spacial score (nSPS) is 11.6. The molecule has 0 spiro atoms. The number of benzene rings is 1. The third-order valence-corrected chi connectivity index (χ3v) is 4.38. The summed E-state index contributed by atoms with van der Waals surface area (Å²) >= 11 is 5.57. The Bertz CT molecular complexity index is 789. The van der Waals surface area contributed by atoms with Crippen LogP contribution < -0.4 is 4.72 Å². The lowest BCUT2D eigenvalue weighted by Gasteiger charge is -2.08. The van der Waals surface area contributed by atoms with Gasteiger partial charge < -0.3 is 9.67 Å². The summed E-state index contributed by atoms with van der Waals surface area (Å²) in [5, 5.41) is 9.08. The Morgan fingerprint density at radius 3 is 2.71 bits per heavy atom. The van der Waals surface area contributed by atoms with Gasteiger partial charge in [-0.2, -0.15) is 8.42 Å². The second-order valence-corrected chi connectivity index (χ2v) is 6.34. The Morgan fingerprint density at radius 1 is 1.48 bits per heavy atom. The molecule has 0 fully saturated rings. The average Bonchev–Trinajstić information content (AvgIpc) is 2.78. The van der Waals surface area contributed by atoms with Crippen LogP contribution in [0, 0.1) is 12.7 Å². The van der Waals surface area contributed by atoms with Gasteiger partial charge in [-0.15, -0.1) is 0 Å². The number of nitrogens with zero attached hydrogens (tertiary/aromatic N) is 2. The molecule has 9 heteroatoms. The van der Waals surface area contributed by atoms with Crippen LogP contribution >= 0.6 is 11.6 Å². The van der Waals surface area contributed by atoms with E-state index >= 15 is 0 Å². The summed E-state index contributed by atoms with van der Waals surface area (Å²) in [6.45, 7) is 4.10. The molecule has 0 bridgehead atoms. The van der Waals surface area contributed by atoms with Gasteiger partial charge in [-0.1, -0.05) is 11.6 Å². The highest BCUT2D eigenvalue weighted by atomic mass is 35.5. The standard InChI is InChI=1S/C12H13ClFN3O3S/c1-3-17-6-12(15-7(17)2)21(19,20)16-10-4-8(13)9(14)5-11(10)18/h4-6,16,18H,3H2,1-2H3. The smallest absolute Gasteiger partial charge is 0.281 e. The number of hydrogen-bond acceptors (Lipinski definition) is 4. The van der Waals surface area contributed by atoms with Crippen molar-refractivity contribution < 1.29 is 17.9 Å². The Kier molecular flexibility index (Phi) is 4.11. The second kappa shape index (κ2) is 5.53. The Balaban J connectivity index is 2.39. The summed E-state index contributed by atoms with van der Waals surface area (Å²) in [5.74, 6) is -0.866. The summed E-state index contributed by atoms with van der Waals surface area (Å²) in [6, 6.07) is 1.73. The van der Waals surface area contributed by atoms with Gasteiger partial charge in [0.25, 0.3) is 10.0 Å². The summed E-state index contributed by atoms with van der Waals surface area (Å²) < 4.78 is 41.3. The number of imidazole rings is 1. The van der Waals surface area contributed by atoms with Crippen LogP contribution in [0.5, 0.6) is 5.75 Å². The van der Waals surface area contributed by atoms with E-state index in [1.807, 2.05) is 6.92 Å². The third-order valence-electron chi connectivity index (χ3n) is 2.85. The molecule has 1 heterocycles. The molecule has 0 radical (unpaired) electrons. The van der Waals surface area contributed by atoms with E-state index < -0.39 is 21.6 Å². The topological polar surface area (TPSA) is 84.2 Å². The summed E-state index contributed by atoms with van der Waals surface area (Å²) in [5.41, 5.74) is -0.217. The molecule has 0 amide bonds. The number of anilines is 1. The highest BCUT2D eigenvalue weighted by Gasteiger charge is 2.21. The number of phenolic OH excluding ortho intramolecular Hbond substituents is 1. The molecule has 2 N–H and O–H groups in total. The van der Waals surface area contributed by atoms with Gasteiger partial charge >= 0.3 is 0 Å². The Labute approximate surface area is 126 Å². The van der Waals surface area contributed by atoms with E-state index in [0.29, 0.717) is 12.4 Å². The van der Waals surface area contributed by atoms with Crippen molar-refractivity contribution in [1.82, 2.24) is 9.55 Å². The highest BCUT2D eigenvalue weighted by Crippen LogP contribution is 2.31. The quantitative estimate of drug-likeness (QED) is 0.842. The zero-order valence-electron chi connectivity index (χ0n) is 11.3. The van der Waals surface area contributed by atoms with Crippen LogP contribution in [0.15, 0.2) is 23.4 Å². The molecular weight excluding hydrogens is 321 g/mol. The predicted octanol–water partition coefficient (Wildman–Crippen LogP) is 2.51. The number of aromatic hydroxyl groups is 1. The first kappa shape index (κ1) is 15.6. The van der Waals surface area contributed by atoms with Gasteiger partial charge in [0.1, 0.15) is 17.4 Å². The second-order valence-electron chi connectivity index (χ2n) is 4.30. The molecule has 0 aliphatic carbocycles. The Hall–Kier alpha value is -1.80. The molecule has 0 aliphatic rings. The number of aromatic nitrogens is 2. The maximum absolute atomic E-state index is 13.1. The monoisotopic (exact) mass is 333 g/mol. The van der Waals surface area contributed by atoms with Crippen LogP contribution in [0.4, 0.5) is 10.1 Å². The molecule has 1 aromatic carbocycles. The molecular formula is C12H13ClFN3O3S. The number of aryl methyl sites for hydroxylation is 2. The zero-order valence-corrected chi connectivity index (χ0v) is 12.8. The van der Waals surface area contributed by atoms with Crippen molar-refractivity contribution in [1.29, 1.82) is 0 Å². The molecule has 2 rings (SSSR count). The molecule has 0 atom stereocenters. The van der Waals surface area contributed by atoms with Gasteiger partial charge in [0.2, 0.25) is 0 Å². The lowest BCUT2D eigenvalue weighted by Crippen LogP contribution is -2.13. The average molecular weight is 334 g/mol. The van der Waals surface area contributed by atoms with Gasteiger partial charge in [-0.05, 0) is 19.9 Å². The summed E-state index contributed by atoms with van der Waals surface area (Å²) in [7, 11) is -4.00. The number of halogens is 2. The van der Waals surface area contributed by atoms with Gasteiger partial charge in [0, 0.05) is 18.8 Å². The highest BCUT2D eigenvalue weighted by molar-refractivity contribution is 7.92. The summed E-state index contributed by atoms with van der Waals surface area (Å²) in [4.78, 5) is 3.94. The van der Waals surface area contributed by atoms with Crippen molar-refractivity contribution in [3.05, 3.63) is 35.0 Å². The first-order valence-corrected chi connectivity index (χ1v) is 7.85. The molecule has 0 saturated heterocycles. The van der Waals surface area contributed by atoms with Crippen molar-refractivity contribution in [3.63, 3.8) is 0 Å². The van der Waals surface area contributed by atoms with E-state index in [9.17, 15) is 17.9 Å². The van der Waals surface area contributed by atoms with Crippen molar-refractivity contribution >= 4 is 27.3 Å². The molecule has 0 saturated carbocycles. The van der Waals surface area contributed by atoms with Crippen LogP contribution in [0.3, 0.4) is 0 Å². The van der Waals surface area contributed by atoms with Gasteiger partial charge in [0.15, 0.2) is 5.03 Å². The zero-order chi connectivity index (χ0) is 15.8. The van der Waals surface area contributed by atoms with Crippen molar-refractivity contribution in [2.24, 2.45) is 0 Å². The van der Waals surface area contributed by atoms with Gasteiger partial charge in [0.05, 0.1) is 10.7 Å². The molecule has 1 aromatic heterocycles. The van der Waals surface area contributed by atoms with Gasteiger partial charge in [-0.25, -0.2) is 9.37 Å². The van der Waals surface area contributed by atoms with Crippen molar-refractivity contribution in [2.75, 3.05) is 4.72 Å². The number of rotatable bonds is 4. The minimum atomic E-state index is -4.00. The maximum Gasteiger partial charge on any atom is 0.281 e. The van der Waals surface area contributed by atoms with E-state index in [4.69, 9.17) is 11.6 Å². The molecule has 0 aliphatic heterocycles. The fourth-order valence-corrected chi connectivity index (χ4v) is 2.98. The SMILES string of the molecule is CCn1cc(S(=O)(=O)Nc2cc(Cl)c(F)cc2O)nc1C. The minimum absolute atomic E-state index is 0.193. The molecule has 0 unspecified atom stereocenters. The van der Waals surface area contributed by atoms with Crippen molar-refractivity contribution in [3.8, 4) is 5.75 Å². The van der Waals surface area contributed by atoms with E-state index in [2.05, 4.69) is 9.71 Å². The number of nitrogens with one attached hydrogen (secondary N) is 1. The fraction of sp³-hybridized carbons (Fsp3) is 0.250. The fourth-order valence-electron chi connectivity index (χ4n) is 1.74. The molecule has 2 aromatic rings. The molecule has 114 valence electrons. The largest absolute Gasteiger partial charge is 0.506 e. The number of sulfonamides is 1. The van der Waals surface area contributed by atoms with E-state index in [0.717, 1.165) is 12.1 Å². The van der Waals surface area contributed by atoms with Crippen LogP contribution in [0.2, 0.25) is 5.02 Å².